The van der Waals surface area contributed by atoms with E-state index in [0.717, 1.165) is 6.92 Å². The van der Waals surface area contributed by atoms with Gasteiger partial charge in [-0.3, -0.25) is 4.79 Å². The second kappa shape index (κ2) is 7.63. The van der Waals surface area contributed by atoms with Gasteiger partial charge in [0.05, 0.1) is 24.0 Å². The summed E-state index contributed by atoms with van der Waals surface area (Å²) in [5.74, 6) is -1.27. The van der Waals surface area contributed by atoms with Gasteiger partial charge < -0.3 is 20.3 Å². The van der Waals surface area contributed by atoms with Crippen LogP contribution in [0.15, 0.2) is 22.7 Å². The van der Waals surface area contributed by atoms with E-state index in [1.54, 1.807) is 18.2 Å². The van der Waals surface area contributed by atoms with Crippen LogP contribution in [0.1, 0.15) is 13.3 Å². The van der Waals surface area contributed by atoms with Crippen molar-refractivity contribution in [1.29, 1.82) is 0 Å². The summed E-state index contributed by atoms with van der Waals surface area (Å²) in [4.78, 5) is 22.2. The number of aliphatic carboxylic acids is 1. The predicted molar refractivity (Wildman–Crippen MR) is 80.5 cm³/mol. The first kappa shape index (κ1) is 17.7. The molecule has 0 aliphatic rings. The molecular weight excluding hydrogens is 366 g/mol. The highest BCUT2D eigenvalue weighted by Gasteiger charge is 2.30. The summed E-state index contributed by atoms with van der Waals surface area (Å²) in [5, 5.41) is 21.0. The molecular formula is C13H15BrClNO5. The van der Waals surface area contributed by atoms with Crippen LogP contribution in [0.2, 0.25) is 5.02 Å². The topological polar surface area (TPSA) is 95.9 Å². The third kappa shape index (κ3) is 5.91. The number of amides is 1. The third-order valence-electron chi connectivity index (χ3n) is 2.57. The Bertz CT molecular complexity index is 535. The molecule has 0 bridgehead atoms. The molecule has 0 aliphatic carbocycles. The Hall–Kier alpha value is -1.31. The zero-order valence-electron chi connectivity index (χ0n) is 11.2. The molecule has 1 aromatic carbocycles. The smallest absolute Gasteiger partial charge is 0.337 e. The molecule has 0 aromatic heterocycles. The van der Waals surface area contributed by atoms with Crippen molar-refractivity contribution < 1.29 is 24.5 Å². The first-order valence-electron chi connectivity index (χ1n) is 6.02. The molecule has 6 nitrogen and oxygen atoms in total. The highest BCUT2D eigenvalue weighted by atomic mass is 79.9. The van der Waals surface area contributed by atoms with Gasteiger partial charge in [0.15, 0.2) is 5.60 Å². The maximum Gasteiger partial charge on any atom is 0.337 e. The fourth-order valence-electron chi connectivity index (χ4n) is 1.28. The number of ether oxygens (including phenoxy) is 1. The van der Waals surface area contributed by atoms with Gasteiger partial charge >= 0.3 is 5.97 Å². The van der Waals surface area contributed by atoms with E-state index < -0.39 is 17.5 Å². The Morgan fingerprint density at radius 2 is 2.14 bits per heavy atom. The number of carbonyl (C=O) groups is 2. The molecule has 0 heterocycles. The summed E-state index contributed by atoms with van der Waals surface area (Å²) < 4.78 is 6.07. The Balaban J connectivity index is 2.35. The van der Waals surface area contributed by atoms with Crippen molar-refractivity contribution >= 4 is 39.4 Å². The van der Waals surface area contributed by atoms with Crippen LogP contribution in [0.5, 0.6) is 5.75 Å². The van der Waals surface area contributed by atoms with Crippen molar-refractivity contribution in [3.8, 4) is 5.75 Å². The summed E-state index contributed by atoms with van der Waals surface area (Å²) >= 11 is 9.07. The fourth-order valence-corrected chi connectivity index (χ4v) is 2.08. The van der Waals surface area contributed by atoms with E-state index >= 15 is 0 Å². The maximum atomic E-state index is 11.5. The van der Waals surface area contributed by atoms with Gasteiger partial charge in [0.1, 0.15) is 5.75 Å². The molecule has 1 aromatic rings. The molecule has 1 rings (SSSR count). The summed E-state index contributed by atoms with van der Waals surface area (Å²) in [6, 6.07) is 4.99. The molecule has 0 saturated heterocycles. The minimum atomic E-state index is -1.99. The molecule has 1 atom stereocenters. The number of halogens is 2. The van der Waals surface area contributed by atoms with E-state index in [1.165, 1.54) is 0 Å². The van der Waals surface area contributed by atoms with Crippen molar-refractivity contribution in [1.82, 2.24) is 5.32 Å². The molecule has 21 heavy (non-hydrogen) atoms. The van der Waals surface area contributed by atoms with E-state index in [1.807, 2.05) is 0 Å². The molecule has 3 N–H and O–H groups in total. The van der Waals surface area contributed by atoms with Crippen LogP contribution in [0, 0.1) is 0 Å². The van der Waals surface area contributed by atoms with Crippen molar-refractivity contribution in [2.75, 3.05) is 13.2 Å². The van der Waals surface area contributed by atoms with Gasteiger partial charge in [0.25, 0.3) is 0 Å². The summed E-state index contributed by atoms with van der Waals surface area (Å²) in [7, 11) is 0. The van der Waals surface area contributed by atoms with Crippen LogP contribution in [-0.4, -0.2) is 40.8 Å². The number of aliphatic hydroxyl groups is 1. The van der Waals surface area contributed by atoms with Gasteiger partial charge in [-0.15, -0.1) is 0 Å². The highest BCUT2D eigenvalue weighted by Crippen LogP contribution is 2.27. The average Bonchev–Trinajstić information content (AvgIpc) is 2.39. The standard InChI is InChI=1S/C13H15BrClNO5/c1-13(20,12(18)19)7-16-11(17)4-5-21-10-3-2-8(15)6-9(10)14/h2-3,6,20H,4-5,7H2,1H3,(H,16,17)(H,18,19). The second-order valence-corrected chi connectivity index (χ2v) is 5.82. The zero-order chi connectivity index (χ0) is 16.0. The lowest BCUT2D eigenvalue weighted by Gasteiger charge is -2.18. The van der Waals surface area contributed by atoms with Crippen LogP contribution in [0.3, 0.4) is 0 Å². The number of hydrogen-bond acceptors (Lipinski definition) is 4. The molecule has 0 fully saturated rings. The minimum absolute atomic E-state index is 0.0325. The highest BCUT2D eigenvalue weighted by molar-refractivity contribution is 9.10. The number of carboxylic acid groups (broad SMARTS) is 1. The van der Waals surface area contributed by atoms with Crippen molar-refractivity contribution in [3.05, 3.63) is 27.7 Å². The van der Waals surface area contributed by atoms with Gasteiger partial charge in [0, 0.05) is 5.02 Å². The molecule has 1 unspecified atom stereocenters. The molecule has 0 saturated carbocycles. The van der Waals surface area contributed by atoms with Crippen molar-refractivity contribution in [2.45, 2.75) is 18.9 Å². The lowest BCUT2D eigenvalue weighted by Crippen LogP contribution is -2.46. The average molecular weight is 381 g/mol. The van der Waals surface area contributed by atoms with Crippen LogP contribution in [-0.2, 0) is 9.59 Å². The normalized spacial score (nSPS) is 13.3. The molecule has 8 heteroatoms. The van der Waals surface area contributed by atoms with E-state index in [4.69, 9.17) is 21.4 Å². The van der Waals surface area contributed by atoms with Gasteiger partial charge in [-0.25, -0.2) is 4.79 Å². The lowest BCUT2D eigenvalue weighted by atomic mass is 10.1. The minimum Gasteiger partial charge on any atom is -0.492 e. The van der Waals surface area contributed by atoms with Crippen LogP contribution >= 0.6 is 27.5 Å². The van der Waals surface area contributed by atoms with Gasteiger partial charge in [-0.1, -0.05) is 11.6 Å². The first-order valence-corrected chi connectivity index (χ1v) is 7.20. The van der Waals surface area contributed by atoms with Crippen LogP contribution in [0.4, 0.5) is 0 Å². The maximum absolute atomic E-state index is 11.5. The Labute approximate surface area is 135 Å². The monoisotopic (exact) mass is 379 g/mol. The van der Waals surface area contributed by atoms with Gasteiger partial charge in [0.2, 0.25) is 5.91 Å². The predicted octanol–water partition coefficient (Wildman–Crippen LogP) is 1.82. The summed E-state index contributed by atoms with van der Waals surface area (Å²) in [6.45, 7) is 0.851. The number of hydrogen-bond donors (Lipinski definition) is 3. The number of nitrogens with one attached hydrogen (secondary N) is 1. The Morgan fingerprint density at radius 3 is 2.71 bits per heavy atom. The number of rotatable bonds is 7. The number of carboxylic acids is 1. The molecule has 0 spiro atoms. The fraction of sp³-hybridized carbons (Fsp3) is 0.385. The molecule has 0 radical (unpaired) electrons. The quantitative estimate of drug-likeness (QED) is 0.670. The molecule has 0 aliphatic heterocycles. The summed E-state index contributed by atoms with van der Waals surface area (Å²) in [5.41, 5.74) is -1.99. The largest absolute Gasteiger partial charge is 0.492 e. The molecule has 1 amide bonds. The Kier molecular flexibility index (Phi) is 6.44. The van der Waals surface area contributed by atoms with Crippen LogP contribution < -0.4 is 10.1 Å². The molecule has 116 valence electrons. The third-order valence-corrected chi connectivity index (χ3v) is 3.43. The van der Waals surface area contributed by atoms with E-state index in [2.05, 4.69) is 21.2 Å². The second-order valence-electron chi connectivity index (χ2n) is 4.53. The lowest BCUT2D eigenvalue weighted by molar-refractivity contribution is -0.156. The number of benzene rings is 1. The van der Waals surface area contributed by atoms with E-state index in [-0.39, 0.29) is 19.6 Å². The number of carbonyl (C=O) groups excluding carboxylic acids is 1. The van der Waals surface area contributed by atoms with E-state index in [0.29, 0.717) is 15.2 Å². The zero-order valence-corrected chi connectivity index (χ0v) is 13.6. The van der Waals surface area contributed by atoms with Crippen molar-refractivity contribution in [3.63, 3.8) is 0 Å². The SMILES string of the molecule is CC(O)(CNC(=O)CCOc1ccc(Cl)cc1Br)C(=O)O. The Morgan fingerprint density at radius 1 is 1.48 bits per heavy atom. The van der Waals surface area contributed by atoms with Gasteiger partial charge in [-0.2, -0.15) is 0 Å². The summed E-state index contributed by atoms with van der Waals surface area (Å²) in [6.07, 6.45) is 0.0325. The van der Waals surface area contributed by atoms with Gasteiger partial charge in [-0.05, 0) is 41.1 Å². The first-order chi connectivity index (χ1) is 9.72. The van der Waals surface area contributed by atoms with E-state index in [9.17, 15) is 14.7 Å². The van der Waals surface area contributed by atoms with Crippen molar-refractivity contribution in [2.24, 2.45) is 0 Å². The van der Waals surface area contributed by atoms with Crippen LogP contribution in [0.25, 0.3) is 0 Å².